The zero-order valence-electron chi connectivity index (χ0n) is 9.58. The molecule has 0 aliphatic heterocycles. The standard InChI is InChI=1S/C14H17ClO/c1-2-9-16-14-7-4-11(5-8-14)12-3-6-13(15)10-12/h4-5,7-8,10,13H,2-3,6,9H2,1H3. The summed E-state index contributed by atoms with van der Waals surface area (Å²) in [5.41, 5.74) is 2.63. The number of hydrogen-bond acceptors (Lipinski definition) is 1. The molecule has 1 aromatic rings. The van der Waals surface area contributed by atoms with Gasteiger partial charge in [0.1, 0.15) is 5.75 Å². The number of hydrogen-bond donors (Lipinski definition) is 0. The van der Waals surface area contributed by atoms with Crippen LogP contribution in [0.3, 0.4) is 0 Å². The molecule has 1 aromatic carbocycles. The minimum absolute atomic E-state index is 0.214. The molecule has 1 unspecified atom stereocenters. The molecular weight excluding hydrogens is 220 g/mol. The fraction of sp³-hybridized carbons (Fsp3) is 0.429. The minimum Gasteiger partial charge on any atom is -0.494 e. The molecule has 2 rings (SSSR count). The number of benzene rings is 1. The van der Waals surface area contributed by atoms with Crippen LogP contribution in [0.2, 0.25) is 0 Å². The topological polar surface area (TPSA) is 9.23 Å². The molecule has 0 amide bonds. The molecule has 0 spiro atoms. The maximum absolute atomic E-state index is 6.06. The van der Waals surface area contributed by atoms with Gasteiger partial charge in [0.05, 0.1) is 12.0 Å². The summed E-state index contributed by atoms with van der Waals surface area (Å²) in [4.78, 5) is 0. The zero-order chi connectivity index (χ0) is 11.4. The van der Waals surface area contributed by atoms with Crippen molar-refractivity contribution < 1.29 is 4.74 Å². The molecular formula is C14H17ClO. The van der Waals surface area contributed by atoms with Crippen LogP contribution in [-0.4, -0.2) is 12.0 Å². The van der Waals surface area contributed by atoms with E-state index < -0.39 is 0 Å². The first-order chi connectivity index (χ1) is 7.79. The van der Waals surface area contributed by atoms with Crippen LogP contribution in [0.25, 0.3) is 5.57 Å². The number of ether oxygens (including phenoxy) is 1. The van der Waals surface area contributed by atoms with Crippen LogP contribution in [0.1, 0.15) is 31.7 Å². The molecule has 1 nitrogen and oxygen atoms in total. The molecule has 0 aromatic heterocycles. The number of alkyl halides is 1. The van der Waals surface area contributed by atoms with E-state index >= 15 is 0 Å². The molecule has 1 atom stereocenters. The van der Waals surface area contributed by atoms with Gasteiger partial charge in [-0.15, -0.1) is 11.6 Å². The second kappa shape index (κ2) is 5.40. The van der Waals surface area contributed by atoms with Gasteiger partial charge in [0.15, 0.2) is 0 Å². The lowest BCUT2D eigenvalue weighted by Gasteiger charge is -2.06. The highest BCUT2D eigenvalue weighted by Crippen LogP contribution is 2.31. The Labute approximate surface area is 102 Å². The molecule has 0 bridgehead atoms. The summed E-state index contributed by atoms with van der Waals surface area (Å²) in [5.74, 6) is 0.951. The fourth-order valence-electron chi connectivity index (χ4n) is 1.90. The van der Waals surface area contributed by atoms with Crippen LogP contribution < -0.4 is 4.74 Å². The van der Waals surface area contributed by atoms with E-state index in [4.69, 9.17) is 16.3 Å². The van der Waals surface area contributed by atoms with E-state index in [0.717, 1.165) is 31.6 Å². The molecule has 1 aliphatic rings. The molecule has 0 radical (unpaired) electrons. The van der Waals surface area contributed by atoms with Crippen LogP contribution >= 0.6 is 11.6 Å². The largest absolute Gasteiger partial charge is 0.494 e. The first-order valence-corrected chi connectivity index (χ1v) is 6.31. The van der Waals surface area contributed by atoms with E-state index in [1.54, 1.807) is 0 Å². The second-order valence-electron chi connectivity index (χ2n) is 4.12. The Hall–Kier alpha value is -0.950. The Kier molecular flexibility index (Phi) is 3.89. The molecule has 1 aliphatic carbocycles. The van der Waals surface area contributed by atoms with Crippen molar-refractivity contribution in [1.82, 2.24) is 0 Å². The Morgan fingerprint density at radius 3 is 2.62 bits per heavy atom. The quantitative estimate of drug-likeness (QED) is 0.710. The third-order valence-electron chi connectivity index (χ3n) is 2.77. The van der Waals surface area contributed by atoms with Gasteiger partial charge >= 0.3 is 0 Å². The monoisotopic (exact) mass is 236 g/mol. The van der Waals surface area contributed by atoms with Crippen LogP contribution in [0.5, 0.6) is 5.75 Å². The number of rotatable bonds is 4. The van der Waals surface area contributed by atoms with Gasteiger partial charge in [-0.05, 0) is 42.5 Å². The summed E-state index contributed by atoms with van der Waals surface area (Å²) in [6.45, 7) is 2.89. The van der Waals surface area contributed by atoms with Gasteiger partial charge in [-0.1, -0.05) is 25.1 Å². The predicted molar refractivity (Wildman–Crippen MR) is 69.1 cm³/mol. The van der Waals surface area contributed by atoms with Gasteiger partial charge in [-0.2, -0.15) is 0 Å². The maximum atomic E-state index is 6.06. The molecule has 0 saturated carbocycles. The van der Waals surface area contributed by atoms with Crippen LogP contribution in [0.4, 0.5) is 0 Å². The Bertz CT molecular complexity index is 367. The molecule has 0 N–H and O–H groups in total. The van der Waals surface area contributed by atoms with Gasteiger partial charge in [0.2, 0.25) is 0 Å². The van der Waals surface area contributed by atoms with E-state index in [2.05, 4.69) is 25.1 Å². The van der Waals surface area contributed by atoms with E-state index in [1.165, 1.54) is 11.1 Å². The van der Waals surface area contributed by atoms with Gasteiger partial charge in [-0.25, -0.2) is 0 Å². The second-order valence-corrected chi connectivity index (χ2v) is 4.68. The van der Waals surface area contributed by atoms with Crippen molar-refractivity contribution in [2.24, 2.45) is 0 Å². The van der Waals surface area contributed by atoms with Gasteiger partial charge in [0, 0.05) is 0 Å². The third-order valence-corrected chi connectivity index (χ3v) is 3.11. The molecule has 16 heavy (non-hydrogen) atoms. The van der Waals surface area contributed by atoms with Crippen molar-refractivity contribution in [2.45, 2.75) is 31.6 Å². The summed E-state index contributed by atoms with van der Waals surface area (Å²) in [7, 11) is 0. The van der Waals surface area contributed by atoms with Crippen molar-refractivity contribution >= 4 is 17.2 Å². The Morgan fingerprint density at radius 1 is 1.31 bits per heavy atom. The Balaban J connectivity index is 2.04. The summed E-state index contributed by atoms with van der Waals surface area (Å²) in [6.07, 6.45) is 5.35. The molecule has 0 saturated heterocycles. The van der Waals surface area contributed by atoms with Crippen molar-refractivity contribution in [1.29, 1.82) is 0 Å². The smallest absolute Gasteiger partial charge is 0.119 e. The average Bonchev–Trinajstić information content (AvgIpc) is 2.74. The highest BCUT2D eigenvalue weighted by Gasteiger charge is 2.14. The molecule has 0 heterocycles. The first kappa shape index (κ1) is 11.5. The number of halogens is 1. The predicted octanol–water partition coefficient (Wildman–Crippen LogP) is 4.26. The minimum atomic E-state index is 0.214. The summed E-state index contributed by atoms with van der Waals surface area (Å²) < 4.78 is 5.55. The Morgan fingerprint density at radius 2 is 2.06 bits per heavy atom. The SMILES string of the molecule is CCCOc1ccc(C2=CC(Cl)CC2)cc1. The van der Waals surface area contributed by atoms with Crippen LogP contribution in [0, 0.1) is 0 Å². The lowest BCUT2D eigenvalue weighted by atomic mass is 10.1. The van der Waals surface area contributed by atoms with Gasteiger partial charge in [0.25, 0.3) is 0 Å². The highest BCUT2D eigenvalue weighted by atomic mass is 35.5. The first-order valence-electron chi connectivity index (χ1n) is 5.87. The van der Waals surface area contributed by atoms with E-state index in [0.29, 0.717) is 0 Å². The molecule has 86 valence electrons. The van der Waals surface area contributed by atoms with E-state index in [-0.39, 0.29) is 5.38 Å². The van der Waals surface area contributed by atoms with Crippen molar-refractivity contribution in [3.63, 3.8) is 0 Å². The maximum Gasteiger partial charge on any atom is 0.119 e. The lowest BCUT2D eigenvalue weighted by Crippen LogP contribution is -1.94. The average molecular weight is 237 g/mol. The third kappa shape index (κ3) is 2.79. The summed E-state index contributed by atoms with van der Waals surface area (Å²) in [5, 5.41) is 0.214. The van der Waals surface area contributed by atoms with E-state index in [1.807, 2.05) is 12.1 Å². The van der Waals surface area contributed by atoms with Crippen LogP contribution in [0.15, 0.2) is 30.3 Å². The molecule has 0 fully saturated rings. The number of allylic oxidation sites excluding steroid dienone is 2. The lowest BCUT2D eigenvalue weighted by molar-refractivity contribution is 0.317. The normalized spacial score (nSPS) is 19.6. The van der Waals surface area contributed by atoms with Gasteiger partial charge in [-0.3, -0.25) is 0 Å². The highest BCUT2D eigenvalue weighted by molar-refractivity contribution is 6.22. The fourth-order valence-corrected chi connectivity index (χ4v) is 2.17. The van der Waals surface area contributed by atoms with Crippen LogP contribution in [-0.2, 0) is 0 Å². The zero-order valence-corrected chi connectivity index (χ0v) is 10.3. The van der Waals surface area contributed by atoms with Crippen molar-refractivity contribution in [3.05, 3.63) is 35.9 Å². The van der Waals surface area contributed by atoms with Gasteiger partial charge < -0.3 is 4.74 Å². The van der Waals surface area contributed by atoms with Crippen molar-refractivity contribution in [3.8, 4) is 5.75 Å². The summed E-state index contributed by atoms with van der Waals surface area (Å²) in [6, 6.07) is 8.30. The summed E-state index contributed by atoms with van der Waals surface area (Å²) >= 11 is 6.06. The van der Waals surface area contributed by atoms with E-state index in [9.17, 15) is 0 Å². The van der Waals surface area contributed by atoms with Crippen molar-refractivity contribution in [2.75, 3.05) is 6.61 Å². The molecule has 2 heteroatoms.